The Bertz CT molecular complexity index is 994. The molecular weight excluding hydrogens is 393 g/mol. The van der Waals surface area contributed by atoms with E-state index in [1.165, 1.54) is 6.42 Å². The minimum absolute atomic E-state index is 0.0962. The molecule has 5 nitrogen and oxygen atoms in total. The van der Waals surface area contributed by atoms with E-state index in [-0.39, 0.29) is 11.5 Å². The summed E-state index contributed by atoms with van der Waals surface area (Å²) in [7, 11) is 0. The molecule has 3 aliphatic rings. The van der Waals surface area contributed by atoms with E-state index in [0.717, 1.165) is 85.5 Å². The van der Waals surface area contributed by atoms with Gasteiger partial charge in [-0.2, -0.15) is 18.3 Å². The molecule has 2 aromatic heterocycles. The van der Waals surface area contributed by atoms with Crippen molar-refractivity contribution in [3.63, 3.8) is 0 Å². The smallest absolute Gasteiger partial charge is 0.294 e. The van der Waals surface area contributed by atoms with Gasteiger partial charge in [-0.05, 0) is 69.4 Å². The van der Waals surface area contributed by atoms with Crippen LogP contribution in [0.25, 0.3) is 11.0 Å². The van der Waals surface area contributed by atoms with Gasteiger partial charge in [-0.25, -0.2) is 4.68 Å². The number of nitrogens with one attached hydrogen (secondary N) is 1. The fourth-order valence-electron chi connectivity index (χ4n) is 6.21. The summed E-state index contributed by atoms with van der Waals surface area (Å²) in [5.41, 5.74) is 1.37. The average molecular weight is 422 g/mol. The summed E-state index contributed by atoms with van der Waals surface area (Å²) >= 11 is 0. The second-order valence-electron chi connectivity index (χ2n) is 9.25. The van der Waals surface area contributed by atoms with Crippen molar-refractivity contribution in [1.29, 1.82) is 0 Å². The largest absolute Gasteiger partial charge is 0.408 e. The maximum Gasteiger partial charge on any atom is 0.408 e. The van der Waals surface area contributed by atoms with E-state index in [2.05, 4.69) is 10.4 Å². The normalized spacial score (nSPS) is 25.7. The van der Waals surface area contributed by atoms with Gasteiger partial charge in [-0.3, -0.25) is 14.7 Å². The predicted molar refractivity (Wildman–Crippen MR) is 108 cm³/mol. The highest BCUT2D eigenvalue weighted by Gasteiger charge is 2.46. The Balaban J connectivity index is 1.80. The van der Waals surface area contributed by atoms with E-state index >= 15 is 0 Å². The van der Waals surface area contributed by atoms with Crippen LogP contribution in [0.15, 0.2) is 11.0 Å². The molecule has 1 aliphatic heterocycles. The highest BCUT2D eigenvalue weighted by atomic mass is 19.4. The lowest BCUT2D eigenvalue weighted by Crippen LogP contribution is -2.55. The molecule has 2 fully saturated rings. The molecule has 1 saturated heterocycles. The number of nitrogens with zero attached hydrogens (tertiary/aromatic N) is 3. The predicted octanol–water partition coefficient (Wildman–Crippen LogP) is 4.26. The molecule has 30 heavy (non-hydrogen) atoms. The summed E-state index contributed by atoms with van der Waals surface area (Å²) in [5, 5.41) is 8.50. The van der Waals surface area contributed by atoms with Crippen molar-refractivity contribution in [3.05, 3.63) is 27.7 Å². The SMILES string of the molecule is O=c1c2c(c3cnn(CC(F)(F)F)c3n1[C@@]1(C3CCCCC3)CCCN1)CCCC2. The highest BCUT2D eigenvalue weighted by Crippen LogP contribution is 2.43. The van der Waals surface area contributed by atoms with Crippen LogP contribution < -0.4 is 10.9 Å². The van der Waals surface area contributed by atoms with Gasteiger partial charge >= 0.3 is 6.18 Å². The lowest BCUT2D eigenvalue weighted by molar-refractivity contribution is -0.142. The van der Waals surface area contributed by atoms with Gasteiger partial charge in [-0.15, -0.1) is 0 Å². The molecule has 2 aliphatic carbocycles. The molecule has 1 atom stereocenters. The molecule has 3 heterocycles. The Morgan fingerprint density at radius 1 is 1.07 bits per heavy atom. The first-order valence-electron chi connectivity index (χ1n) is 11.4. The lowest BCUT2D eigenvalue weighted by Gasteiger charge is -2.42. The fourth-order valence-corrected chi connectivity index (χ4v) is 6.21. The zero-order valence-corrected chi connectivity index (χ0v) is 17.2. The van der Waals surface area contributed by atoms with E-state index in [1.807, 2.05) is 0 Å². The number of aryl methyl sites for hydroxylation is 1. The maximum atomic E-state index is 13.9. The van der Waals surface area contributed by atoms with Crippen LogP contribution >= 0.6 is 0 Å². The molecule has 1 N–H and O–H groups in total. The summed E-state index contributed by atoms with van der Waals surface area (Å²) in [6.45, 7) is -0.385. The van der Waals surface area contributed by atoms with Crippen LogP contribution in [0.4, 0.5) is 13.2 Å². The molecule has 2 aromatic rings. The van der Waals surface area contributed by atoms with Crippen molar-refractivity contribution in [2.75, 3.05) is 6.54 Å². The Morgan fingerprint density at radius 3 is 2.47 bits per heavy atom. The molecule has 0 amide bonds. The number of halogens is 3. The van der Waals surface area contributed by atoms with Gasteiger partial charge in [-0.1, -0.05) is 19.3 Å². The lowest BCUT2D eigenvalue weighted by atomic mass is 9.78. The molecule has 0 spiro atoms. The van der Waals surface area contributed by atoms with Crippen LogP contribution in [0.3, 0.4) is 0 Å². The average Bonchev–Trinajstić information content (AvgIpc) is 3.37. The third-order valence-corrected chi connectivity index (χ3v) is 7.45. The van der Waals surface area contributed by atoms with Crippen LogP contribution in [-0.2, 0) is 25.0 Å². The minimum atomic E-state index is -4.39. The van der Waals surface area contributed by atoms with Crippen molar-refractivity contribution >= 4 is 11.0 Å². The summed E-state index contributed by atoms with van der Waals surface area (Å²) in [4.78, 5) is 13.9. The first kappa shape index (κ1) is 20.1. The van der Waals surface area contributed by atoms with Gasteiger partial charge in [0.2, 0.25) is 0 Å². The van der Waals surface area contributed by atoms with E-state index in [4.69, 9.17) is 0 Å². The van der Waals surface area contributed by atoms with Crippen LogP contribution in [0.2, 0.25) is 0 Å². The van der Waals surface area contributed by atoms with Gasteiger partial charge in [0.15, 0.2) is 0 Å². The zero-order chi connectivity index (χ0) is 20.9. The van der Waals surface area contributed by atoms with Gasteiger partial charge in [0.05, 0.1) is 6.20 Å². The Labute approximate surface area is 173 Å². The van der Waals surface area contributed by atoms with E-state index in [0.29, 0.717) is 12.1 Å². The van der Waals surface area contributed by atoms with E-state index in [9.17, 15) is 18.0 Å². The zero-order valence-electron chi connectivity index (χ0n) is 17.2. The Morgan fingerprint density at radius 2 is 1.80 bits per heavy atom. The second kappa shape index (κ2) is 7.39. The van der Waals surface area contributed by atoms with Crippen molar-refractivity contribution in [1.82, 2.24) is 19.7 Å². The Kier molecular flexibility index (Phi) is 4.95. The summed E-state index contributed by atoms with van der Waals surface area (Å²) in [6, 6.07) is 0. The van der Waals surface area contributed by atoms with Gasteiger partial charge in [0.1, 0.15) is 17.9 Å². The summed E-state index contributed by atoms with van der Waals surface area (Å²) in [6.07, 6.45) is 7.65. The molecule has 0 unspecified atom stereocenters. The summed E-state index contributed by atoms with van der Waals surface area (Å²) < 4.78 is 42.9. The second-order valence-corrected chi connectivity index (χ2v) is 9.25. The van der Waals surface area contributed by atoms with Crippen LogP contribution in [0.1, 0.15) is 68.9 Å². The number of fused-ring (bicyclic) bond motifs is 3. The van der Waals surface area contributed by atoms with Crippen molar-refractivity contribution in [3.8, 4) is 0 Å². The maximum absolute atomic E-state index is 13.9. The number of aromatic nitrogens is 3. The minimum Gasteiger partial charge on any atom is -0.294 e. The van der Waals surface area contributed by atoms with Crippen LogP contribution in [0.5, 0.6) is 0 Å². The third-order valence-electron chi connectivity index (χ3n) is 7.45. The number of hydrogen-bond donors (Lipinski definition) is 1. The number of pyridine rings is 1. The molecule has 5 rings (SSSR count). The van der Waals surface area contributed by atoms with Crippen molar-refractivity contribution in [2.24, 2.45) is 5.92 Å². The standard InChI is InChI=1S/C22H29F3N4O/c23-22(24,25)14-28-19-18(13-27-28)16-9-4-5-10-17(16)20(30)29(19)21(11-6-12-26-21)15-7-2-1-3-8-15/h13,15,26H,1-12,14H2/t21-/m1/s1. The summed E-state index contributed by atoms with van der Waals surface area (Å²) in [5.74, 6) is 0.255. The molecule has 8 heteroatoms. The number of rotatable bonds is 3. The van der Waals surface area contributed by atoms with Gasteiger partial charge in [0, 0.05) is 10.9 Å². The van der Waals surface area contributed by atoms with Gasteiger partial charge < -0.3 is 0 Å². The van der Waals surface area contributed by atoms with Crippen molar-refractivity contribution in [2.45, 2.75) is 89.0 Å². The molecular formula is C22H29F3N4O. The first-order chi connectivity index (χ1) is 14.4. The van der Waals surface area contributed by atoms with E-state index in [1.54, 1.807) is 10.8 Å². The van der Waals surface area contributed by atoms with Crippen molar-refractivity contribution < 1.29 is 13.2 Å². The molecule has 0 radical (unpaired) electrons. The monoisotopic (exact) mass is 422 g/mol. The van der Waals surface area contributed by atoms with E-state index < -0.39 is 18.4 Å². The number of hydrogen-bond acceptors (Lipinski definition) is 3. The van der Waals surface area contributed by atoms with Gasteiger partial charge in [0.25, 0.3) is 5.56 Å². The van der Waals surface area contributed by atoms with Crippen LogP contribution in [-0.4, -0.2) is 27.1 Å². The first-order valence-corrected chi connectivity index (χ1v) is 11.4. The highest BCUT2D eigenvalue weighted by molar-refractivity contribution is 5.81. The molecule has 0 aromatic carbocycles. The Hall–Kier alpha value is -1.83. The fraction of sp³-hybridized carbons (Fsp3) is 0.727. The molecule has 1 saturated carbocycles. The topological polar surface area (TPSA) is 51.9 Å². The third kappa shape index (κ3) is 3.18. The quantitative estimate of drug-likeness (QED) is 0.804. The van der Waals surface area contributed by atoms with Crippen LogP contribution in [0, 0.1) is 5.92 Å². The molecule has 0 bridgehead atoms. The number of alkyl halides is 3. The molecule has 164 valence electrons.